The number of alkyl halides is 2. The molecule has 1 heterocycles. The van der Waals surface area contributed by atoms with Crippen molar-refractivity contribution in [2.75, 3.05) is 0 Å². The molecule has 0 radical (unpaired) electrons. The van der Waals surface area contributed by atoms with Gasteiger partial charge in [-0.05, 0) is 12.1 Å². The van der Waals surface area contributed by atoms with Crippen LogP contribution in [0.15, 0.2) is 24.3 Å². The highest BCUT2D eigenvalue weighted by Crippen LogP contribution is 2.23. The molecule has 0 bridgehead atoms. The first kappa shape index (κ1) is 18.7. The molecule has 0 spiro atoms. The van der Waals surface area contributed by atoms with Crippen molar-refractivity contribution in [1.29, 1.82) is 0 Å². The van der Waals surface area contributed by atoms with Crippen LogP contribution in [-0.4, -0.2) is 22.2 Å². The number of carbonyl (C=O) groups is 2. The number of benzene rings is 1. The molecular formula is C16H19ClFNO2S. The van der Waals surface area contributed by atoms with Crippen molar-refractivity contribution < 1.29 is 14.0 Å². The van der Waals surface area contributed by atoms with Gasteiger partial charge < -0.3 is 0 Å². The molecule has 0 amide bonds. The summed E-state index contributed by atoms with van der Waals surface area (Å²) in [4.78, 5) is 26.3. The molecule has 0 aliphatic carbocycles. The van der Waals surface area contributed by atoms with Crippen LogP contribution >= 0.6 is 22.9 Å². The highest BCUT2D eigenvalue weighted by atomic mass is 35.5. The number of thiazole rings is 1. The number of carbonyl (C=O) groups excluding carboxylic acids is 2. The van der Waals surface area contributed by atoms with Crippen LogP contribution in [0, 0.1) is 11.8 Å². The van der Waals surface area contributed by atoms with Crippen LogP contribution in [0.5, 0.6) is 0 Å². The van der Waals surface area contributed by atoms with Gasteiger partial charge in [-0.15, -0.1) is 11.3 Å². The minimum Gasteiger partial charge on any atom is -0.295 e. The number of hydrogen-bond donors (Lipinski definition) is 0. The minimum absolute atomic E-state index is 0.0237. The van der Waals surface area contributed by atoms with E-state index in [9.17, 15) is 14.0 Å². The maximum absolute atomic E-state index is 11.8. The summed E-state index contributed by atoms with van der Waals surface area (Å²) < 4.78 is 12.8. The van der Waals surface area contributed by atoms with Gasteiger partial charge in [-0.3, -0.25) is 9.59 Å². The average molecular weight is 344 g/mol. The Morgan fingerprint density at radius 3 is 2.14 bits per heavy atom. The molecular weight excluding hydrogens is 325 g/mol. The predicted molar refractivity (Wildman–Crippen MR) is 89.4 cm³/mol. The lowest BCUT2D eigenvalue weighted by Gasteiger charge is -2.00. The standard InChI is InChI=1S/C11H11NOS.C5H8ClFO/c1-7(2)10(13)11-12-8-5-3-4-6-9(8)14-11;1-3(2)4(8)5(6)7/h3-7H,1-2H3;3,5H,1-2H3. The number of para-hydroxylation sites is 1. The first-order valence-electron chi connectivity index (χ1n) is 6.95. The predicted octanol–water partition coefficient (Wildman–Crippen LogP) is 4.88. The summed E-state index contributed by atoms with van der Waals surface area (Å²) in [7, 11) is 0. The van der Waals surface area contributed by atoms with Crippen LogP contribution in [0.3, 0.4) is 0 Å². The zero-order valence-electron chi connectivity index (χ0n) is 13.0. The number of fused-ring (bicyclic) bond motifs is 1. The van der Waals surface area contributed by atoms with E-state index < -0.39 is 11.4 Å². The third-order valence-electron chi connectivity index (χ3n) is 2.81. The number of Topliss-reactive ketones (excluding diaryl/α,β-unsaturated/α-hetero) is 2. The van der Waals surface area contributed by atoms with Crippen LogP contribution in [-0.2, 0) is 4.79 Å². The number of halogens is 2. The van der Waals surface area contributed by atoms with Gasteiger partial charge in [0, 0.05) is 11.8 Å². The fourth-order valence-corrected chi connectivity index (χ4v) is 2.78. The Kier molecular flexibility index (Phi) is 7.10. The van der Waals surface area contributed by atoms with Crippen molar-refractivity contribution in [2.24, 2.45) is 11.8 Å². The van der Waals surface area contributed by atoms with Crippen molar-refractivity contribution in [3.63, 3.8) is 0 Å². The lowest BCUT2D eigenvalue weighted by Crippen LogP contribution is -2.15. The second-order valence-corrected chi connectivity index (χ2v) is 6.78. The van der Waals surface area contributed by atoms with Crippen molar-refractivity contribution in [3.8, 4) is 0 Å². The highest BCUT2D eigenvalue weighted by Gasteiger charge is 2.16. The van der Waals surface area contributed by atoms with Crippen molar-refractivity contribution in [3.05, 3.63) is 29.3 Å². The van der Waals surface area contributed by atoms with Crippen molar-refractivity contribution >= 4 is 44.7 Å². The molecule has 1 aromatic heterocycles. The fourth-order valence-electron chi connectivity index (χ4n) is 1.48. The molecule has 22 heavy (non-hydrogen) atoms. The van der Waals surface area contributed by atoms with E-state index in [1.807, 2.05) is 38.1 Å². The van der Waals surface area contributed by atoms with Crippen LogP contribution in [0.4, 0.5) is 4.39 Å². The first-order valence-corrected chi connectivity index (χ1v) is 8.21. The molecule has 1 unspecified atom stereocenters. The molecule has 0 saturated carbocycles. The maximum atomic E-state index is 11.8. The van der Waals surface area contributed by atoms with Crippen molar-refractivity contribution in [2.45, 2.75) is 33.3 Å². The van der Waals surface area contributed by atoms with Gasteiger partial charge in [-0.2, -0.15) is 0 Å². The minimum atomic E-state index is -1.82. The van der Waals surface area contributed by atoms with E-state index in [0.29, 0.717) is 5.01 Å². The lowest BCUT2D eigenvalue weighted by atomic mass is 10.1. The van der Waals surface area contributed by atoms with E-state index in [4.69, 9.17) is 11.6 Å². The zero-order valence-corrected chi connectivity index (χ0v) is 14.5. The van der Waals surface area contributed by atoms with Gasteiger partial charge >= 0.3 is 0 Å². The summed E-state index contributed by atoms with van der Waals surface area (Å²) in [6.07, 6.45) is 0. The quantitative estimate of drug-likeness (QED) is 0.587. The summed E-state index contributed by atoms with van der Waals surface area (Å²) >= 11 is 6.28. The molecule has 0 aliphatic heterocycles. The maximum Gasteiger partial charge on any atom is 0.231 e. The van der Waals surface area contributed by atoms with E-state index in [1.165, 1.54) is 11.3 Å². The van der Waals surface area contributed by atoms with Gasteiger partial charge in [0.2, 0.25) is 5.63 Å². The number of ketones is 2. The Hall–Kier alpha value is -1.33. The smallest absolute Gasteiger partial charge is 0.231 e. The molecule has 2 rings (SSSR count). The number of hydrogen-bond acceptors (Lipinski definition) is 4. The van der Waals surface area contributed by atoms with Gasteiger partial charge in [0.1, 0.15) is 0 Å². The van der Waals surface area contributed by atoms with Gasteiger partial charge in [0.15, 0.2) is 16.6 Å². The highest BCUT2D eigenvalue weighted by molar-refractivity contribution is 7.20. The molecule has 0 fully saturated rings. The van der Waals surface area contributed by atoms with Crippen LogP contribution in [0.1, 0.15) is 37.5 Å². The third kappa shape index (κ3) is 5.14. The molecule has 1 atom stereocenters. The Morgan fingerprint density at radius 2 is 1.73 bits per heavy atom. The van der Waals surface area contributed by atoms with E-state index in [-0.39, 0.29) is 17.6 Å². The summed E-state index contributed by atoms with van der Waals surface area (Å²) in [5, 5.41) is 0.626. The SMILES string of the molecule is CC(C)C(=O)C(F)Cl.CC(C)C(=O)c1nc2ccccc2s1. The molecule has 0 saturated heterocycles. The Labute approximate surface area is 138 Å². The number of aromatic nitrogens is 1. The third-order valence-corrected chi connectivity index (χ3v) is 4.08. The molecule has 0 N–H and O–H groups in total. The molecule has 1 aromatic carbocycles. The fraction of sp³-hybridized carbons (Fsp3) is 0.438. The normalized spacial score (nSPS) is 12.2. The Bertz CT molecular complexity index is 609. The van der Waals surface area contributed by atoms with E-state index in [0.717, 1.165) is 10.2 Å². The van der Waals surface area contributed by atoms with Gasteiger partial charge in [-0.25, -0.2) is 9.37 Å². The molecule has 2 aromatic rings. The topological polar surface area (TPSA) is 47.0 Å². The summed E-state index contributed by atoms with van der Waals surface area (Å²) in [6.45, 7) is 7.01. The van der Waals surface area contributed by atoms with E-state index in [1.54, 1.807) is 13.8 Å². The zero-order chi connectivity index (χ0) is 16.9. The van der Waals surface area contributed by atoms with Crippen LogP contribution in [0.2, 0.25) is 0 Å². The van der Waals surface area contributed by atoms with Crippen molar-refractivity contribution in [1.82, 2.24) is 4.98 Å². The number of rotatable bonds is 4. The second-order valence-electron chi connectivity index (χ2n) is 5.36. The number of nitrogens with zero attached hydrogens (tertiary/aromatic N) is 1. The summed E-state index contributed by atoms with van der Waals surface area (Å²) in [5.41, 5.74) is -0.906. The lowest BCUT2D eigenvalue weighted by molar-refractivity contribution is -0.124. The Balaban J connectivity index is 0.000000261. The Morgan fingerprint density at radius 1 is 1.14 bits per heavy atom. The molecule has 3 nitrogen and oxygen atoms in total. The van der Waals surface area contributed by atoms with Gasteiger partial charge in [0.05, 0.1) is 10.2 Å². The monoisotopic (exact) mass is 343 g/mol. The summed E-state index contributed by atoms with van der Waals surface area (Å²) in [5.74, 6) is -0.698. The molecule has 6 heteroatoms. The molecule has 120 valence electrons. The largest absolute Gasteiger partial charge is 0.295 e. The van der Waals surface area contributed by atoms with Gasteiger partial charge in [-0.1, -0.05) is 51.4 Å². The van der Waals surface area contributed by atoms with E-state index >= 15 is 0 Å². The van der Waals surface area contributed by atoms with Crippen LogP contribution in [0.25, 0.3) is 10.2 Å². The summed E-state index contributed by atoms with van der Waals surface area (Å²) in [6, 6.07) is 7.82. The van der Waals surface area contributed by atoms with Crippen LogP contribution < -0.4 is 0 Å². The van der Waals surface area contributed by atoms with Gasteiger partial charge in [0.25, 0.3) is 0 Å². The second kappa shape index (κ2) is 8.34. The average Bonchev–Trinajstić information content (AvgIpc) is 2.89. The first-order chi connectivity index (χ1) is 10.2. The van der Waals surface area contributed by atoms with E-state index in [2.05, 4.69) is 4.98 Å². The molecule has 0 aliphatic rings.